The van der Waals surface area contributed by atoms with Crippen LogP contribution in [0.5, 0.6) is 0 Å². The van der Waals surface area contributed by atoms with Gasteiger partial charge in [0.1, 0.15) is 0 Å². The van der Waals surface area contributed by atoms with Crippen molar-refractivity contribution in [2.45, 2.75) is 12.8 Å². The first-order chi connectivity index (χ1) is 3.47. The first-order valence-corrected chi connectivity index (χ1v) is 2.70. The maximum Gasteiger partial charge on any atom is -0.0586 e. The fourth-order valence-electron chi connectivity index (χ4n) is 1.07. The summed E-state index contributed by atoms with van der Waals surface area (Å²) in [6.07, 6.45) is 2.64. The first kappa shape index (κ1) is 3.36. The molecule has 0 unspecified atom stereocenters. The highest BCUT2D eigenvalue weighted by Gasteiger charge is 2.00. The predicted octanol–water partition coefficient (Wildman–Crippen LogP) is 1.50. The number of hydrogen-bond donors (Lipinski definition) is 0. The van der Waals surface area contributed by atoms with Crippen LogP contribution >= 0.6 is 0 Å². The van der Waals surface area contributed by atoms with E-state index in [1.165, 1.54) is 12.8 Å². The quantitative estimate of drug-likeness (QED) is 0.424. The van der Waals surface area contributed by atoms with Crippen LogP contribution in [-0.4, -0.2) is 0 Å². The van der Waals surface area contributed by atoms with Gasteiger partial charge in [-0.25, -0.2) is 6.07 Å². The van der Waals surface area contributed by atoms with Crippen molar-refractivity contribution in [2.75, 3.05) is 0 Å². The Morgan fingerprint density at radius 2 is 2.43 bits per heavy atom. The molecular weight excluding hydrogens is 84.1 g/mol. The Hall–Kier alpha value is -0.650. The summed E-state index contributed by atoms with van der Waals surface area (Å²) in [5.74, 6) is 0. The molecule has 1 aliphatic rings. The van der Waals surface area contributed by atoms with E-state index >= 15 is 0 Å². The molecule has 0 N–H and O–H groups in total. The zero-order valence-electron chi connectivity index (χ0n) is 4.15. The van der Waals surface area contributed by atoms with Crippen molar-refractivity contribution < 1.29 is 0 Å². The second-order valence-corrected chi connectivity index (χ2v) is 2.08. The molecule has 0 aliphatic heterocycles. The molecule has 0 amide bonds. The summed E-state index contributed by atoms with van der Waals surface area (Å²) >= 11 is 0. The van der Waals surface area contributed by atoms with Crippen LogP contribution in [0.4, 0.5) is 0 Å². The second-order valence-electron chi connectivity index (χ2n) is 2.08. The summed E-state index contributed by atoms with van der Waals surface area (Å²) < 4.78 is 0. The van der Waals surface area contributed by atoms with Gasteiger partial charge in [-0.3, -0.25) is 0 Å². The van der Waals surface area contributed by atoms with Gasteiger partial charge < -0.3 is 0 Å². The molecule has 0 fully saturated rings. The molecular formula is C7H7-. The third-order valence-electron chi connectivity index (χ3n) is 1.67. The van der Waals surface area contributed by atoms with Crippen LogP contribution in [0.15, 0.2) is 18.2 Å². The van der Waals surface area contributed by atoms with Crippen molar-refractivity contribution in [3.63, 3.8) is 0 Å². The third-order valence-corrected chi connectivity index (χ3v) is 1.67. The van der Waals surface area contributed by atoms with E-state index in [9.17, 15) is 0 Å². The lowest BCUT2D eigenvalue weighted by Gasteiger charge is -2.21. The Balaban J connectivity index is 2.69. The highest BCUT2D eigenvalue weighted by Crippen LogP contribution is 2.22. The molecule has 0 heteroatoms. The molecule has 0 saturated carbocycles. The first-order valence-electron chi connectivity index (χ1n) is 2.70. The maximum atomic E-state index is 2.21. The molecule has 0 bridgehead atoms. The molecule has 0 spiro atoms. The molecule has 0 radical (unpaired) electrons. The van der Waals surface area contributed by atoms with E-state index in [1.54, 1.807) is 11.1 Å². The van der Waals surface area contributed by atoms with Crippen LogP contribution in [-0.2, 0) is 12.8 Å². The molecule has 1 aromatic rings. The summed E-state index contributed by atoms with van der Waals surface area (Å²) in [4.78, 5) is 0. The lowest BCUT2D eigenvalue weighted by atomic mass is 9.94. The topological polar surface area (TPSA) is 0 Å². The van der Waals surface area contributed by atoms with E-state index in [2.05, 4.69) is 18.2 Å². The Labute approximate surface area is 43.1 Å². The molecule has 0 aromatic heterocycles. The van der Waals surface area contributed by atoms with E-state index in [1.807, 2.05) is 0 Å². The zero-order valence-corrected chi connectivity index (χ0v) is 4.15. The largest absolute Gasteiger partial charge is 0.210 e. The van der Waals surface area contributed by atoms with E-state index in [4.69, 9.17) is 0 Å². The van der Waals surface area contributed by atoms with Crippen LogP contribution in [0, 0.1) is 0 Å². The SMILES string of the molecule is c1cc2c([cH-]1)CC2. The molecule has 1 aromatic carbocycles. The fraction of sp³-hybridized carbons (Fsp3) is 0.286. The van der Waals surface area contributed by atoms with Crippen molar-refractivity contribution in [3.8, 4) is 0 Å². The maximum absolute atomic E-state index is 2.21. The van der Waals surface area contributed by atoms with Gasteiger partial charge in [0.15, 0.2) is 0 Å². The monoisotopic (exact) mass is 91.1 g/mol. The fourth-order valence-corrected chi connectivity index (χ4v) is 1.07. The third kappa shape index (κ3) is 0.292. The van der Waals surface area contributed by atoms with E-state index in [-0.39, 0.29) is 0 Å². The van der Waals surface area contributed by atoms with Gasteiger partial charge in [-0.1, -0.05) is 12.8 Å². The minimum absolute atomic E-state index is 1.32. The minimum atomic E-state index is 1.32. The number of aryl methyl sites for hydroxylation is 2. The Morgan fingerprint density at radius 3 is 2.71 bits per heavy atom. The highest BCUT2D eigenvalue weighted by molar-refractivity contribution is 5.36. The lowest BCUT2D eigenvalue weighted by Crippen LogP contribution is -2.02. The molecule has 36 valence electrons. The van der Waals surface area contributed by atoms with Crippen LogP contribution in [0.25, 0.3) is 0 Å². The number of fused-ring (bicyclic) bond motifs is 1. The second kappa shape index (κ2) is 0.945. The van der Waals surface area contributed by atoms with Gasteiger partial charge in [-0.05, 0) is 0 Å². The van der Waals surface area contributed by atoms with Crippen molar-refractivity contribution in [2.24, 2.45) is 0 Å². The highest BCUT2D eigenvalue weighted by atomic mass is 14.2. The van der Waals surface area contributed by atoms with Crippen molar-refractivity contribution in [1.82, 2.24) is 0 Å². The molecule has 0 atom stereocenters. The smallest absolute Gasteiger partial charge is 0.0586 e. The van der Waals surface area contributed by atoms with Crippen LogP contribution < -0.4 is 0 Å². The number of rotatable bonds is 0. The Bertz CT molecular complexity index is 153. The Morgan fingerprint density at radius 1 is 1.43 bits per heavy atom. The van der Waals surface area contributed by atoms with Crippen molar-refractivity contribution in [1.29, 1.82) is 0 Å². The van der Waals surface area contributed by atoms with E-state index in [0.29, 0.717) is 0 Å². The van der Waals surface area contributed by atoms with Crippen LogP contribution in [0.1, 0.15) is 11.1 Å². The molecule has 0 heterocycles. The van der Waals surface area contributed by atoms with Gasteiger partial charge in [-0.15, -0.1) is 0 Å². The average Bonchev–Trinajstić information content (AvgIpc) is 1.85. The van der Waals surface area contributed by atoms with E-state index < -0.39 is 0 Å². The van der Waals surface area contributed by atoms with Gasteiger partial charge in [-0.2, -0.15) is 23.3 Å². The molecule has 1 aliphatic carbocycles. The zero-order chi connectivity index (χ0) is 4.69. The normalized spacial score (nSPS) is 15.4. The molecule has 7 heavy (non-hydrogen) atoms. The standard InChI is InChI=1S/C7H7/c1-2-6-4-5-7(6)3-1/h1-3H,4-5H2/q-1. The molecule has 0 saturated heterocycles. The van der Waals surface area contributed by atoms with Gasteiger partial charge in [0.2, 0.25) is 0 Å². The van der Waals surface area contributed by atoms with E-state index in [0.717, 1.165) is 0 Å². The van der Waals surface area contributed by atoms with Gasteiger partial charge in [0, 0.05) is 0 Å². The van der Waals surface area contributed by atoms with Crippen molar-refractivity contribution in [3.05, 3.63) is 29.3 Å². The van der Waals surface area contributed by atoms with Gasteiger partial charge in [0.05, 0.1) is 0 Å². The molecule has 2 rings (SSSR count). The minimum Gasteiger partial charge on any atom is -0.210 e. The summed E-state index contributed by atoms with van der Waals surface area (Å²) in [7, 11) is 0. The Kier molecular flexibility index (Phi) is 0.454. The summed E-state index contributed by atoms with van der Waals surface area (Å²) in [6, 6.07) is 6.55. The summed E-state index contributed by atoms with van der Waals surface area (Å²) in [6.45, 7) is 0. The molecule has 0 nitrogen and oxygen atoms in total. The van der Waals surface area contributed by atoms with Gasteiger partial charge in [0.25, 0.3) is 0 Å². The predicted molar refractivity (Wildman–Crippen MR) is 29.4 cm³/mol. The number of hydrogen-bond acceptors (Lipinski definition) is 0. The summed E-state index contributed by atoms with van der Waals surface area (Å²) in [5, 5.41) is 0. The van der Waals surface area contributed by atoms with Crippen LogP contribution in [0.3, 0.4) is 0 Å². The average molecular weight is 91.1 g/mol. The van der Waals surface area contributed by atoms with Crippen molar-refractivity contribution >= 4 is 0 Å². The summed E-state index contributed by atoms with van der Waals surface area (Å²) in [5.41, 5.74) is 3.14. The van der Waals surface area contributed by atoms with Gasteiger partial charge >= 0.3 is 0 Å². The van der Waals surface area contributed by atoms with Crippen LogP contribution in [0.2, 0.25) is 0 Å². The lowest BCUT2D eigenvalue weighted by molar-refractivity contribution is 0.853.